The molecular weight excluding hydrogens is 234 g/mol. The normalized spacial score (nSPS) is 12.1. The van der Waals surface area contributed by atoms with Gasteiger partial charge in [-0.3, -0.25) is 9.78 Å². The number of pyridine rings is 1. The number of amides is 1. The molecule has 0 aromatic carbocycles. The van der Waals surface area contributed by atoms with Crippen molar-refractivity contribution in [1.29, 1.82) is 0 Å². The highest BCUT2D eigenvalue weighted by atomic mass is 32.1. The van der Waals surface area contributed by atoms with E-state index in [0.717, 1.165) is 10.7 Å². The fourth-order valence-corrected chi connectivity index (χ4v) is 2.14. The van der Waals surface area contributed by atoms with E-state index in [1.165, 1.54) is 0 Å². The fourth-order valence-electron chi connectivity index (χ4n) is 1.44. The van der Waals surface area contributed by atoms with Crippen molar-refractivity contribution in [2.75, 3.05) is 0 Å². The van der Waals surface area contributed by atoms with Gasteiger partial charge in [-0.2, -0.15) is 0 Å². The summed E-state index contributed by atoms with van der Waals surface area (Å²) >= 11 is 1.58. The molecule has 5 heteroatoms. The van der Waals surface area contributed by atoms with Gasteiger partial charge >= 0.3 is 0 Å². The zero-order valence-corrected chi connectivity index (χ0v) is 10.5. The summed E-state index contributed by atoms with van der Waals surface area (Å²) in [6, 6.07) is 3.29. The molecule has 0 aliphatic rings. The van der Waals surface area contributed by atoms with Gasteiger partial charge in [-0.15, -0.1) is 11.3 Å². The average Bonchev–Trinajstić information content (AvgIpc) is 2.77. The summed E-state index contributed by atoms with van der Waals surface area (Å²) in [6.07, 6.45) is 3.21. The first-order chi connectivity index (χ1) is 8.16. The number of carbonyl (C=O) groups is 1. The van der Waals surface area contributed by atoms with Crippen molar-refractivity contribution in [3.05, 3.63) is 46.2 Å². The molecule has 2 aromatic rings. The van der Waals surface area contributed by atoms with Crippen LogP contribution in [0.15, 0.2) is 29.9 Å². The third kappa shape index (κ3) is 2.88. The number of aromatic nitrogens is 2. The molecule has 2 heterocycles. The summed E-state index contributed by atoms with van der Waals surface area (Å²) < 4.78 is 0. The van der Waals surface area contributed by atoms with Gasteiger partial charge in [0.1, 0.15) is 0 Å². The first-order valence-corrected chi connectivity index (χ1v) is 6.17. The number of rotatable bonds is 3. The first-order valence-electron chi connectivity index (χ1n) is 5.29. The molecule has 88 valence electrons. The monoisotopic (exact) mass is 247 g/mol. The maximum Gasteiger partial charge on any atom is 0.251 e. The van der Waals surface area contributed by atoms with Crippen LogP contribution in [-0.2, 0) is 0 Å². The van der Waals surface area contributed by atoms with Crippen molar-refractivity contribution < 1.29 is 4.79 Å². The van der Waals surface area contributed by atoms with Crippen LogP contribution in [0.4, 0.5) is 0 Å². The van der Waals surface area contributed by atoms with Crippen LogP contribution in [0, 0.1) is 6.92 Å². The minimum absolute atomic E-state index is 0.0828. The summed E-state index contributed by atoms with van der Waals surface area (Å²) in [7, 11) is 0. The highest BCUT2D eigenvalue weighted by molar-refractivity contribution is 7.09. The summed E-state index contributed by atoms with van der Waals surface area (Å²) in [6.45, 7) is 3.87. The van der Waals surface area contributed by atoms with Gasteiger partial charge in [0.2, 0.25) is 0 Å². The Morgan fingerprint density at radius 1 is 1.41 bits per heavy atom. The van der Waals surface area contributed by atoms with Gasteiger partial charge in [-0.1, -0.05) is 0 Å². The maximum atomic E-state index is 11.9. The molecular formula is C12H13N3OS. The molecule has 0 aliphatic heterocycles. The van der Waals surface area contributed by atoms with Crippen molar-refractivity contribution in [2.24, 2.45) is 0 Å². The lowest BCUT2D eigenvalue weighted by atomic mass is 10.2. The Kier molecular flexibility index (Phi) is 3.49. The number of aryl methyl sites for hydroxylation is 1. The number of hydrogen-bond acceptors (Lipinski definition) is 4. The molecule has 0 saturated heterocycles. The van der Waals surface area contributed by atoms with E-state index in [1.807, 2.05) is 19.2 Å². The second kappa shape index (κ2) is 5.05. The van der Waals surface area contributed by atoms with Gasteiger partial charge in [0.05, 0.1) is 16.7 Å². The van der Waals surface area contributed by atoms with Gasteiger partial charge in [0, 0.05) is 23.3 Å². The van der Waals surface area contributed by atoms with E-state index in [4.69, 9.17) is 0 Å². The minimum atomic E-state index is -0.106. The van der Waals surface area contributed by atoms with Crippen LogP contribution in [0.25, 0.3) is 0 Å². The SMILES string of the molecule is Cc1nc(C(C)NC(=O)c2ccncc2)cs1. The van der Waals surface area contributed by atoms with E-state index in [2.05, 4.69) is 15.3 Å². The van der Waals surface area contributed by atoms with Crippen molar-refractivity contribution >= 4 is 17.2 Å². The molecule has 0 fully saturated rings. The largest absolute Gasteiger partial charge is 0.344 e. The van der Waals surface area contributed by atoms with Gasteiger partial charge in [0.25, 0.3) is 5.91 Å². The molecule has 2 rings (SSSR count). The smallest absolute Gasteiger partial charge is 0.251 e. The van der Waals surface area contributed by atoms with Crippen LogP contribution >= 0.6 is 11.3 Å². The highest BCUT2D eigenvalue weighted by Gasteiger charge is 2.13. The van der Waals surface area contributed by atoms with Crippen LogP contribution in [0.1, 0.15) is 34.0 Å². The number of nitrogens with one attached hydrogen (secondary N) is 1. The quantitative estimate of drug-likeness (QED) is 0.905. The Morgan fingerprint density at radius 3 is 2.71 bits per heavy atom. The van der Waals surface area contributed by atoms with Crippen molar-refractivity contribution in [3.63, 3.8) is 0 Å². The molecule has 17 heavy (non-hydrogen) atoms. The van der Waals surface area contributed by atoms with E-state index >= 15 is 0 Å². The van der Waals surface area contributed by atoms with Gasteiger partial charge in [-0.25, -0.2) is 4.98 Å². The van der Waals surface area contributed by atoms with E-state index < -0.39 is 0 Å². The molecule has 0 bridgehead atoms. The lowest BCUT2D eigenvalue weighted by molar-refractivity contribution is 0.0939. The number of nitrogens with zero attached hydrogens (tertiary/aromatic N) is 2. The predicted molar refractivity (Wildman–Crippen MR) is 67.0 cm³/mol. The third-order valence-electron chi connectivity index (χ3n) is 2.37. The molecule has 1 N–H and O–H groups in total. The van der Waals surface area contributed by atoms with Crippen molar-refractivity contribution in [2.45, 2.75) is 19.9 Å². The number of hydrogen-bond donors (Lipinski definition) is 1. The van der Waals surface area contributed by atoms with Crippen LogP contribution in [0.3, 0.4) is 0 Å². The minimum Gasteiger partial charge on any atom is -0.344 e. The van der Waals surface area contributed by atoms with E-state index in [1.54, 1.807) is 35.9 Å². The molecule has 1 unspecified atom stereocenters. The maximum absolute atomic E-state index is 11.9. The molecule has 1 amide bonds. The second-order valence-electron chi connectivity index (χ2n) is 3.72. The average molecular weight is 247 g/mol. The Hall–Kier alpha value is -1.75. The Balaban J connectivity index is 2.04. The molecule has 2 aromatic heterocycles. The highest BCUT2D eigenvalue weighted by Crippen LogP contribution is 2.16. The zero-order valence-electron chi connectivity index (χ0n) is 9.68. The first kappa shape index (κ1) is 11.7. The topological polar surface area (TPSA) is 54.9 Å². The predicted octanol–water partition coefficient (Wildman–Crippen LogP) is 2.34. The molecule has 0 saturated carbocycles. The Bertz CT molecular complexity index is 509. The van der Waals surface area contributed by atoms with Gasteiger partial charge in [0.15, 0.2) is 0 Å². The van der Waals surface area contributed by atoms with Crippen LogP contribution < -0.4 is 5.32 Å². The van der Waals surface area contributed by atoms with Crippen molar-refractivity contribution in [3.8, 4) is 0 Å². The number of carbonyl (C=O) groups excluding carboxylic acids is 1. The summed E-state index contributed by atoms with van der Waals surface area (Å²) in [4.78, 5) is 20.1. The standard InChI is InChI=1S/C12H13N3OS/c1-8(11-7-17-9(2)15-11)14-12(16)10-3-5-13-6-4-10/h3-8H,1-2H3,(H,14,16). The fraction of sp³-hybridized carbons (Fsp3) is 0.250. The zero-order chi connectivity index (χ0) is 12.3. The Morgan fingerprint density at radius 2 is 2.12 bits per heavy atom. The van der Waals surface area contributed by atoms with E-state index in [-0.39, 0.29) is 11.9 Å². The van der Waals surface area contributed by atoms with Gasteiger partial charge in [-0.05, 0) is 26.0 Å². The van der Waals surface area contributed by atoms with Crippen molar-refractivity contribution in [1.82, 2.24) is 15.3 Å². The number of thiazole rings is 1. The molecule has 0 spiro atoms. The van der Waals surface area contributed by atoms with E-state index in [0.29, 0.717) is 5.56 Å². The summed E-state index contributed by atoms with van der Waals surface area (Å²) in [5.74, 6) is -0.106. The molecule has 1 atom stereocenters. The lowest BCUT2D eigenvalue weighted by Crippen LogP contribution is -2.26. The van der Waals surface area contributed by atoms with E-state index in [9.17, 15) is 4.79 Å². The third-order valence-corrected chi connectivity index (χ3v) is 3.16. The van der Waals surface area contributed by atoms with Crippen LogP contribution in [-0.4, -0.2) is 15.9 Å². The molecule has 0 aliphatic carbocycles. The lowest BCUT2D eigenvalue weighted by Gasteiger charge is -2.11. The summed E-state index contributed by atoms with van der Waals surface area (Å²) in [5.41, 5.74) is 1.51. The van der Waals surface area contributed by atoms with Crippen LogP contribution in [0.2, 0.25) is 0 Å². The molecule has 4 nitrogen and oxygen atoms in total. The summed E-state index contributed by atoms with van der Waals surface area (Å²) in [5, 5.41) is 5.87. The van der Waals surface area contributed by atoms with Crippen LogP contribution in [0.5, 0.6) is 0 Å². The second-order valence-corrected chi connectivity index (χ2v) is 4.78. The Labute approximate surface area is 104 Å². The molecule has 0 radical (unpaired) electrons. The van der Waals surface area contributed by atoms with Gasteiger partial charge < -0.3 is 5.32 Å².